The minimum absolute atomic E-state index is 0.117. The van der Waals surface area contributed by atoms with E-state index in [0.29, 0.717) is 5.56 Å². The van der Waals surface area contributed by atoms with Crippen molar-refractivity contribution >= 4 is 5.69 Å². The lowest BCUT2D eigenvalue weighted by molar-refractivity contribution is -0.168. The van der Waals surface area contributed by atoms with Gasteiger partial charge in [0, 0.05) is 25.4 Å². The number of anilines is 1. The van der Waals surface area contributed by atoms with Crippen LogP contribution >= 0.6 is 0 Å². The Balaban J connectivity index is 1.96. The molecular weight excluding hydrogens is 265 g/mol. The lowest BCUT2D eigenvalue weighted by Gasteiger charge is -2.27. The van der Waals surface area contributed by atoms with Crippen LogP contribution in [0.4, 0.5) is 18.9 Å². The zero-order chi connectivity index (χ0) is 14.4. The minimum Gasteiger partial charge on any atom is -0.373 e. The van der Waals surface area contributed by atoms with Gasteiger partial charge in [0.25, 0.3) is 0 Å². The van der Waals surface area contributed by atoms with E-state index in [1.807, 2.05) is 7.05 Å². The smallest absolute Gasteiger partial charge is 0.373 e. The van der Waals surface area contributed by atoms with Gasteiger partial charge in [-0.05, 0) is 31.2 Å². The molecule has 1 saturated carbocycles. The van der Waals surface area contributed by atoms with Crippen molar-refractivity contribution in [2.24, 2.45) is 5.41 Å². The third-order valence-corrected chi connectivity index (χ3v) is 4.10. The van der Waals surface area contributed by atoms with E-state index in [9.17, 15) is 13.2 Å². The SMILES string of the molecule is CN1CCCc2c(C#CC3(C(F)(F)F)CC3)cncc21. The van der Waals surface area contributed by atoms with Crippen molar-refractivity contribution in [2.75, 3.05) is 18.5 Å². The van der Waals surface area contributed by atoms with Crippen LogP contribution in [0.3, 0.4) is 0 Å². The minimum atomic E-state index is -4.22. The van der Waals surface area contributed by atoms with Gasteiger partial charge in [-0.3, -0.25) is 4.98 Å². The molecule has 0 saturated heterocycles. The maximum absolute atomic E-state index is 12.9. The van der Waals surface area contributed by atoms with Crippen LogP contribution in [0.1, 0.15) is 30.4 Å². The van der Waals surface area contributed by atoms with E-state index in [4.69, 9.17) is 0 Å². The normalized spacial score (nSPS) is 19.9. The molecule has 0 radical (unpaired) electrons. The van der Waals surface area contributed by atoms with Gasteiger partial charge in [-0.25, -0.2) is 0 Å². The number of halogens is 3. The molecule has 0 unspecified atom stereocenters. The van der Waals surface area contributed by atoms with E-state index in [0.717, 1.165) is 30.6 Å². The second-order valence-corrected chi connectivity index (χ2v) is 5.54. The Morgan fingerprint density at radius 3 is 2.70 bits per heavy atom. The van der Waals surface area contributed by atoms with Gasteiger partial charge < -0.3 is 4.90 Å². The standard InChI is InChI=1S/C15H15F3N2/c1-20-8-2-3-12-11(9-19-10-13(12)20)4-5-14(6-7-14)15(16,17)18/h9-10H,2-3,6-8H2,1H3. The van der Waals surface area contributed by atoms with E-state index in [-0.39, 0.29) is 12.8 Å². The summed E-state index contributed by atoms with van der Waals surface area (Å²) in [5.41, 5.74) is 0.889. The summed E-state index contributed by atoms with van der Waals surface area (Å²) < 4.78 is 38.6. The fraction of sp³-hybridized carbons (Fsp3) is 0.533. The molecule has 20 heavy (non-hydrogen) atoms. The number of rotatable bonds is 0. The summed E-state index contributed by atoms with van der Waals surface area (Å²) in [5, 5.41) is 0. The van der Waals surface area contributed by atoms with Crippen molar-refractivity contribution < 1.29 is 13.2 Å². The van der Waals surface area contributed by atoms with Crippen LogP contribution in [0.5, 0.6) is 0 Å². The molecule has 1 aromatic rings. The summed E-state index contributed by atoms with van der Waals surface area (Å²) >= 11 is 0. The fourth-order valence-electron chi connectivity index (χ4n) is 2.58. The Bertz CT molecular complexity index is 591. The van der Waals surface area contributed by atoms with Crippen LogP contribution in [0, 0.1) is 17.3 Å². The monoisotopic (exact) mass is 280 g/mol. The van der Waals surface area contributed by atoms with Crippen molar-refractivity contribution in [3.63, 3.8) is 0 Å². The number of hydrogen-bond acceptors (Lipinski definition) is 2. The summed E-state index contributed by atoms with van der Waals surface area (Å²) in [7, 11) is 1.97. The lowest BCUT2D eigenvalue weighted by Crippen LogP contribution is -2.25. The first-order chi connectivity index (χ1) is 9.43. The van der Waals surface area contributed by atoms with Crippen molar-refractivity contribution in [3.8, 4) is 11.8 Å². The lowest BCUT2D eigenvalue weighted by atomic mass is 9.98. The molecule has 0 amide bonds. The third kappa shape index (κ3) is 2.13. The first kappa shape index (κ1) is 13.3. The largest absolute Gasteiger partial charge is 0.405 e. The molecule has 0 spiro atoms. The number of fused-ring (bicyclic) bond motifs is 1. The molecule has 5 heteroatoms. The summed E-state index contributed by atoms with van der Waals surface area (Å²) in [6.45, 7) is 0.943. The van der Waals surface area contributed by atoms with Crippen LogP contribution in [-0.2, 0) is 6.42 Å². The molecule has 1 aliphatic heterocycles. The topological polar surface area (TPSA) is 16.1 Å². The van der Waals surface area contributed by atoms with E-state index in [1.165, 1.54) is 0 Å². The van der Waals surface area contributed by atoms with E-state index >= 15 is 0 Å². The van der Waals surface area contributed by atoms with Crippen molar-refractivity contribution in [3.05, 3.63) is 23.5 Å². The van der Waals surface area contributed by atoms with Crippen LogP contribution in [-0.4, -0.2) is 24.8 Å². The molecule has 1 aliphatic carbocycles. The Hall–Kier alpha value is -1.70. The molecule has 2 aliphatic rings. The first-order valence-corrected chi connectivity index (χ1v) is 6.71. The third-order valence-electron chi connectivity index (χ3n) is 4.10. The first-order valence-electron chi connectivity index (χ1n) is 6.71. The van der Waals surface area contributed by atoms with Gasteiger partial charge >= 0.3 is 6.18 Å². The number of alkyl halides is 3. The highest BCUT2D eigenvalue weighted by Gasteiger charge is 2.62. The molecule has 0 atom stereocenters. The number of pyridine rings is 1. The zero-order valence-electron chi connectivity index (χ0n) is 11.2. The zero-order valence-corrected chi connectivity index (χ0v) is 11.2. The molecule has 2 nitrogen and oxygen atoms in total. The average Bonchev–Trinajstić information content (AvgIpc) is 3.17. The molecule has 106 valence electrons. The molecule has 3 rings (SSSR count). The van der Waals surface area contributed by atoms with E-state index in [2.05, 4.69) is 21.7 Å². The molecule has 0 aromatic carbocycles. The Morgan fingerprint density at radius 2 is 2.05 bits per heavy atom. The molecule has 1 aromatic heterocycles. The molecule has 0 N–H and O–H groups in total. The maximum Gasteiger partial charge on any atom is 0.405 e. The highest BCUT2D eigenvalue weighted by atomic mass is 19.4. The van der Waals surface area contributed by atoms with Crippen molar-refractivity contribution in [1.29, 1.82) is 0 Å². The average molecular weight is 280 g/mol. The maximum atomic E-state index is 12.9. The van der Waals surface area contributed by atoms with Gasteiger partial charge in [-0.15, -0.1) is 0 Å². The second-order valence-electron chi connectivity index (χ2n) is 5.54. The predicted octanol–water partition coefficient (Wildman–Crippen LogP) is 3.16. The van der Waals surface area contributed by atoms with Crippen LogP contribution < -0.4 is 4.90 Å². The number of hydrogen-bond donors (Lipinski definition) is 0. The molecule has 0 bridgehead atoms. The fourth-order valence-corrected chi connectivity index (χ4v) is 2.58. The van der Waals surface area contributed by atoms with Gasteiger partial charge in [0.05, 0.1) is 11.9 Å². The molecule has 2 heterocycles. The van der Waals surface area contributed by atoms with Crippen molar-refractivity contribution in [1.82, 2.24) is 4.98 Å². The van der Waals surface area contributed by atoms with Crippen LogP contribution in [0.15, 0.2) is 12.4 Å². The number of aromatic nitrogens is 1. The second kappa shape index (κ2) is 4.41. The van der Waals surface area contributed by atoms with Gasteiger partial charge in [-0.1, -0.05) is 11.8 Å². The summed E-state index contributed by atoms with van der Waals surface area (Å²) in [6.07, 6.45) is 1.20. The molecular formula is C15H15F3N2. The Labute approximate surface area is 116 Å². The van der Waals surface area contributed by atoms with Gasteiger partial charge in [-0.2, -0.15) is 13.2 Å². The highest BCUT2D eigenvalue weighted by Crippen LogP contribution is 2.57. The Morgan fingerprint density at radius 1 is 1.30 bits per heavy atom. The summed E-state index contributed by atoms with van der Waals surface area (Å²) in [6, 6.07) is 0. The summed E-state index contributed by atoms with van der Waals surface area (Å²) in [5.74, 6) is 5.20. The van der Waals surface area contributed by atoms with Crippen molar-refractivity contribution in [2.45, 2.75) is 31.9 Å². The van der Waals surface area contributed by atoms with E-state index < -0.39 is 11.6 Å². The van der Waals surface area contributed by atoms with Gasteiger partial charge in [0.2, 0.25) is 0 Å². The number of nitrogens with zero attached hydrogens (tertiary/aromatic N) is 2. The van der Waals surface area contributed by atoms with E-state index in [1.54, 1.807) is 12.4 Å². The quantitative estimate of drug-likeness (QED) is 0.679. The predicted molar refractivity (Wildman–Crippen MR) is 70.4 cm³/mol. The van der Waals surface area contributed by atoms with Crippen LogP contribution in [0.25, 0.3) is 0 Å². The summed E-state index contributed by atoms with van der Waals surface area (Å²) in [4.78, 5) is 6.18. The Kier molecular flexibility index (Phi) is 2.93. The molecule has 1 fully saturated rings. The van der Waals surface area contributed by atoms with Gasteiger partial charge in [0.15, 0.2) is 0 Å². The van der Waals surface area contributed by atoms with Crippen LogP contribution in [0.2, 0.25) is 0 Å². The highest BCUT2D eigenvalue weighted by molar-refractivity contribution is 5.60. The van der Waals surface area contributed by atoms with Gasteiger partial charge in [0.1, 0.15) is 5.41 Å².